The molecule has 0 aliphatic rings. The Balaban J connectivity index is 0. The zero-order valence-corrected chi connectivity index (χ0v) is 12.2. The normalized spacial score (nSPS) is 11.1. The molecule has 0 aromatic carbocycles. The molecular weight excluding hydrogens is 280 g/mol. The van der Waals surface area contributed by atoms with E-state index in [1.54, 1.807) is 0 Å². The smallest absolute Gasteiger partial charge is 0.320 e. The summed E-state index contributed by atoms with van der Waals surface area (Å²) in [5, 5.41) is 24.8. The highest BCUT2D eigenvalue weighted by molar-refractivity contribution is 5.72. The Hall–Kier alpha value is -1.67. The first-order valence-corrected chi connectivity index (χ1v) is 6.93. The maximum atomic E-state index is 10.0. The van der Waals surface area contributed by atoms with Crippen LogP contribution in [0.1, 0.15) is 51.4 Å². The van der Waals surface area contributed by atoms with Crippen LogP contribution in [0.25, 0.3) is 0 Å². The second-order valence-corrected chi connectivity index (χ2v) is 4.58. The molecule has 0 spiro atoms. The average Bonchev–Trinajstić information content (AvgIpc) is 2.40. The Bertz CT molecular complexity index is 291. The highest BCUT2D eigenvalue weighted by atomic mass is 16.4. The Labute approximate surface area is 124 Å². The van der Waals surface area contributed by atoms with Gasteiger partial charge in [-0.2, -0.15) is 0 Å². The van der Waals surface area contributed by atoms with Crippen molar-refractivity contribution in [1.29, 1.82) is 0 Å². The van der Waals surface area contributed by atoms with Crippen LogP contribution in [0.15, 0.2) is 0 Å². The Kier molecular flexibility index (Phi) is 15.2. The molecule has 0 amide bonds. The third kappa shape index (κ3) is 20.8. The summed E-state index contributed by atoms with van der Waals surface area (Å²) in [6.07, 6.45) is 4.42. The molecule has 0 bridgehead atoms. The van der Waals surface area contributed by atoms with Crippen LogP contribution in [0.5, 0.6) is 0 Å². The van der Waals surface area contributed by atoms with Crippen molar-refractivity contribution in [1.82, 2.24) is 0 Å². The molecule has 0 aliphatic heterocycles. The summed E-state index contributed by atoms with van der Waals surface area (Å²) in [5.41, 5.74) is 10.3. The minimum Gasteiger partial charge on any atom is -0.481 e. The summed E-state index contributed by atoms with van der Waals surface area (Å²) in [7, 11) is 0. The first-order chi connectivity index (χ1) is 9.81. The fourth-order valence-corrected chi connectivity index (χ4v) is 1.37. The minimum atomic E-state index is -0.955. The van der Waals surface area contributed by atoms with Gasteiger partial charge in [-0.05, 0) is 32.2 Å². The number of unbranched alkanes of at least 4 members (excludes halogenated alkanes) is 3. The van der Waals surface area contributed by atoms with Gasteiger partial charge in [0, 0.05) is 12.8 Å². The first-order valence-electron chi connectivity index (χ1n) is 6.93. The van der Waals surface area contributed by atoms with Crippen molar-refractivity contribution in [2.24, 2.45) is 11.5 Å². The highest BCUT2D eigenvalue weighted by Gasteiger charge is 2.08. The number of hydrogen-bond donors (Lipinski definition) is 5. The van der Waals surface area contributed by atoms with Gasteiger partial charge >= 0.3 is 17.9 Å². The number of aliphatic carboxylic acids is 3. The predicted octanol–water partition coefficient (Wildman–Crippen LogP) is 0.633. The molecule has 8 heteroatoms. The van der Waals surface area contributed by atoms with Crippen LogP contribution >= 0.6 is 0 Å². The maximum absolute atomic E-state index is 10.0. The summed E-state index contributed by atoms with van der Waals surface area (Å²) in [6, 6.07) is -0.742. The molecule has 0 aromatic heterocycles. The molecule has 0 aromatic rings. The van der Waals surface area contributed by atoms with Crippen molar-refractivity contribution in [3.05, 3.63) is 0 Å². The summed E-state index contributed by atoms with van der Waals surface area (Å²) >= 11 is 0. The van der Waals surface area contributed by atoms with Crippen molar-refractivity contribution in [3.8, 4) is 0 Å². The van der Waals surface area contributed by atoms with Crippen LogP contribution in [-0.2, 0) is 14.4 Å². The van der Waals surface area contributed by atoms with E-state index >= 15 is 0 Å². The lowest BCUT2D eigenvalue weighted by atomic mass is 10.1. The Morgan fingerprint density at radius 2 is 1.24 bits per heavy atom. The molecule has 0 fully saturated rings. The van der Waals surface area contributed by atoms with E-state index in [4.69, 9.17) is 26.8 Å². The van der Waals surface area contributed by atoms with Crippen molar-refractivity contribution < 1.29 is 29.7 Å². The lowest BCUT2D eigenvalue weighted by molar-refractivity contribution is -0.139. The Morgan fingerprint density at radius 1 is 0.810 bits per heavy atom. The van der Waals surface area contributed by atoms with Gasteiger partial charge in [0.15, 0.2) is 0 Å². The number of carboxylic acids is 3. The lowest BCUT2D eigenvalue weighted by Gasteiger charge is -2.02. The lowest BCUT2D eigenvalue weighted by Crippen LogP contribution is -2.30. The summed E-state index contributed by atoms with van der Waals surface area (Å²) in [5.74, 6) is -2.52. The van der Waals surface area contributed by atoms with Gasteiger partial charge in [0.05, 0.1) is 0 Å². The van der Waals surface area contributed by atoms with Crippen LogP contribution in [0.3, 0.4) is 0 Å². The van der Waals surface area contributed by atoms with Crippen molar-refractivity contribution >= 4 is 17.9 Å². The van der Waals surface area contributed by atoms with Crippen LogP contribution in [-0.4, -0.2) is 45.8 Å². The van der Waals surface area contributed by atoms with E-state index in [1.807, 2.05) is 0 Å². The molecule has 0 saturated carbocycles. The van der Waals surface area contributed by atoms with Crippen molar-refractivity contribution in [3.63, 3.8) is 0 Å². The first kappa shape index (κ1) is 21.6. The van der Waals surface area contributed by atoms with Crippen LogP contribution in [0.2, 0.25) is 0 Å². The van der Waals surface area contributed by atoms with Gasteiger partial charge < -0.3 is 26.8 Å². The molecule has 21 heavy (non-hydrogen) atoms. The van der Waals surface area contributed by atoms with Gasteiger partial charge in [0.2, 0.25) is 0 Å². The molecule has 0 rings (SSSR count). The maximum Gasteiger partial charge on any atom is 0.320 e. The number of nitrogens with two attached hydrogens (primary N) is 2. The van der Waals surface area contributed by atoms with E-state index in [0.29, 0.717) is 32.2 Å². The van der Waals surface area contributed by atoms with E-state index in [0.717, 1.165) is 12.8 Å². The Morgan fingerprint density at radius 3 is 1.52 bits per heavy atom. The largest absolute Gasteiger partial charge is 0.481 e. The van der Waals surface area contributed by atoms with Crippen LogP contribution in [0, 0.1) is 0 Å². The van der Waals surface area contributed by atoms with Crippen LogP contribution < -0.4 is 11.5 Å². The number of carboxylic acid groups (broad SMARTS) is 3. The van der Waals surface area contributed by atoms with Crippen LogP contribution in [0.4, 0.5) is 0 Å². The number of carbonyl (C=O) groups is 3. The van der Waals surface area contributed by atoms with Gasteiger partial charge in [0.25, 0.3) is 0 Å². The number of rotatable bonds is 11. The van der Waals surface area contributed by atoms with E-state index < -0.39 is 23.9 Å². The number of hydrogen-bond acceptors (Lipinski definition) is 5. The minimum absolute atomic E-state index is 0.188. The SMILES string of the molecule is NCCC[C@H](N)C(=O)O.O=C(O)CCCCCCC(=O)O. The predicted molar refractivity (Wildman–Crippen MR) is 76.9 cm³/mol. The quantitative estimate of drug-likeness (QED) is 0.347. The fraction of sp³-hybridized carbons (Fsp3) is 0.769. The van der Waals surface area contributed by atoms with Gasteiger partial charge in [-0.25, -0.2) is 0 Å². The van der Waals surface area contributed by atoms with E-state index in [1.165, 1.54) is 0 Å². The molecule has 124 valence electrons. The average molecular weight is 306 g/mol. The molecule has 0 radical (unpaired) electrons. The second-order valence-electron chi connectivity index (χ2n) is 4.58. The van der Waals surface area contributed by atoms with Crippen molar-refractivity contribution in [2.45, 2.75) is 57.4 Å². The van der Waals surface area contributed by atoms with E-state index in [9.17, 15) is 14.4 Å². The monoisotopic (exact) mass is 306 g/mol. The zero-order valence-electron chi connectivity index (χ0n) is 12.2. The van der Waals surface area contributed by atoms with Gasteiger partial charge in [0.1, 0.15) is 6.04 Å². The molecule has 0 aliphatic carbocycles. The second kappa shape index (κ2) is 14.7. The molecule has 0 heterocycles. The van der Waals surface area contributed by atoms with Gasteiger partial charge in [-0.1, -0.05) is 12.8 Å². The molecule has 0 saturated heterocycles. The van der Waals surface area contributed by atoms with Gasteiger partial charge in [-0.15, -0.1) is 0 Å². The molecular formula is C13H26N2O6. The van der Waals surface area contributed by atoms with E-state index in [2.05, 4.69) is 0 Å². The van der Waals surface area contributed by atoms with Gasteiger partial charge in [-0.3, -0.25) is 14.4 Å². The molecule has 0 unspecified atom stereocenters. The topological polar surface area (TPSA) is 164 Å². The van der Waals surface area contributed by atoms with Crippen molar-refractivity contribution in [2.75, 3.05) is 6.54 Å². The molecule has 1 atom stereocenters. The fourth-order valence-electron chi connectivity index (χ4n) is 1.37. The molecule has 8 nitrogen and oxygen atoms in total. The third-order valence-electron chi connectivity index (χ3n) is 2.57. The zero-order chi connectivity index (χ0) is 16.7. The third-order valence-corrected chi connectivity index (χ3v) is 2.57. The standard InChI is InChI=1S/C8H14O4.C5H12N2O2/c9-7(10)5-3-1-2-4-6-8(11)12;6-3-1-2-4(7)5(8)9/h1-6H2,(H,9,10)(H,11,12);4H,1-3,6-7H2,(H,8,9)/t;4-/m.0/s1. The summed E-state index contributed by atoms with van der Waals surface area (Å²) in [6.45, 7) is 0.501. The summed E-state index contributed by atoms with van der Waals surface area (Å²) in [4.78, 5) is 30.1. The summed E-state index contributed by atoms with van der Waals surface area (Å²) < 4.78 is 0. The highest BCUT2D eigenvalue weighted by Crippen LogP contribution is 2.04. The van der Waals surface area contributed by atoms with E-state index in [-0.39, 0.29) is 12.8 Å². The molecule has 7 N–H and O–H groups in total.